The lowest BCUT2D eigenvalue weighted by Crippen LogP contribution is -2.50. The maximum Gasteiger partial charge on any atom is 0.262 e. The number of hydrogen-bond donors (Lipinski definition) is 2. The van der Waals surface area contributed by atoms with Crippen LogP contribution in [0.2, 0.25) is 10.0 Å². The van der Waals surface area contributed by atoms with Crippen molar-refractivity contribution in [2.75, 3.05) is 14.2 Å². The maximum atomic E-state index is 13.1. The number of hydrogen-bond acceptors (Lipinski definition) is 6. The average Bonchev–Trinajstić information content (AvgIpc) is 2.90. The largest absolute Gasteiger partial charge is 0.496 e. The number of nitrogens with one attached hydrogen (secondary N) is 2. The molecule has 11 heteroatoms. The Kier molecular flexibility index (Phi) is 10.8. The molecule has 3 rings (SSSR count). The van der Waals surface area contributed by atoms with Crippen LogP contribution < -0.4 is 25.0 Å². The van der Waals surface area contributed by atoms with E-state index < -0.39 is 24.0 Å². The van der Waals surface area contributed by atoms with Crippen molar-refractivity contribution in [3.05, 3.63) is 86.3 Å². The van der Waals surface area contributed by atoms with Gasteiger partial charge in [-0.1, -0.05) is 53.5 Å². The van der Waals surface area contributed by atoms with Crippen LogP contribution in [0, 0.1) is 0 Å². The van der Waals surface area contributed by atoms with Gasteiger partial charge in [-0.3, -0.25) is 9.59 Å². The summed E-state index contributed by atoms with van der Waals surface area (Å²) >= 11 is 15.5. The third-order valence-electron chi connectivity index (χ3n) is 5.37. The van der Waals surface area contributed by atoms with E-state index in [2.05, 4.69) is 31.8 Å². The molecule has 0 aliphatic carbocycles. The number of carbonyl (C=O) groups excluding carboxylic acids is 2. The molecule has 0 aliphatic heterocycles. The van der Waals surface area contributed by atoms with Crippen molar-refractivity contribution in [2.24, 2.45) is 5.10 Å². The van der Waals surface area contributed by atoms with Crippen molar-refractivity contribution in [3.63, 3.8) is 0 Å². The molecule has 0 saturated carbocycles. The van der Waals surface area contributed by atoms with Gasteiger partial charge in [0, 0.05) is 23.1 Å². The van der Waals surface area contributed by atoms with Gasteiger partial charge >= 0.3 is 0 Å². The highest BCUT2D eigenvalue weighted by Gasteiger charge is 2.25. The molecule has 0 aliphatic rings. The Hall–Kier alpha value is -3.27. The average molecular weight is 623 g/mol. The lowest BCUT2D eigenvalue weighted by Gasteiger charge is -2.21. The first-order valence-electron chi connectivity index (χ1n) is 11.4. The zero-order valence-electron chi connectivity index (χ0n) is 20.8. The lowest BCUT2D eigenvalue weighted by atomic mass is 10.1. The molecule has 200 valence electrons. The highest BCUT2D eigenvalue weighted by atomic mass is 79.9. The number of nitrogens with zero attached hydrogens (tertiary/aromatic N) is 1. The van der Waals surface area contributed by atoms with Crippen LogP contribution in [-0.4, -0.2) is 44.4 Å². The standard InChI is InChI=1S/C27H26BrCl2N3O5/c1-16(38-23-10-9-19(29)13-21(23)30)26(34)32-22(11-17-7-5-4-6-8-17)27(35)33-31-15-18-12-20(28)25(37-3)14-24(18)36-2/h4-10,12-16,22H,11H2,1-3H3,(H,32,34)(H,33,35)/b31-15-/t16-,22+/m0/s1. The fraction of sp³-hybridized carbons (Fsp3) is 0.222. The molecule has 0 saturated heterocycles. The molecular formula is C27H26BrCl2N3O5. The number of rotatable bonds is 11. The first-order valence-corrected chi connectivity index (χ1v) is 13.0. The Bertz CT molecular complexity index is 1310. The summed E-state index contributed by atoms with van der Waals surface area (Å²) in [6.07, 6.45) is 0.736. The van der Waals surface area contributed by atoms with Crippen LogP contribution in [0.5, 0.6) is 17.2 Å². The Morgan fingerprint density at radius 2 is 1.68 bits per heavy atom. The van der Waals surface area contributed by atoms with Crippen molar-refractivity contribution in [1.82, 2.24) is 10.7 Å². The summed E-state index contributed by atoms with van der Waals surface area (Å²) in [6.45, 7) is 1.56. The summed E-state index contributed by atoms with van der Waals surface area (Å²) in [4.78, 5) is 26.0. The molecule has 3 aromatic rings. The molecule has 38 heavy (non-hydrogen) atoms. The quantitative estimate of drug-likeness (QED) is 0.220. The molecule has 0 spiro atoms. The predicted molar refractivity (Wildman–Crippen MR) is 152 cm³/mol. The molecule has 8 nitrogen and oxygen atoms in total. The molecule has 0 heterocycles. The van der Waals surface area contributed by atoms with Crippen molar-refractivity contribution in [2.45, 2.75) is 25.5 Å². The molecule has 2 amide bonds. The highest BCUT2D eigenvalue weighted by Crippen LogP contribution is 2.32. The Morgan fingerprint density at radius 1 is 0.974 bits per heavy atom. The molecule has 0 radical (unpaired) electrons. The third-order valence-corrected chi connectivity index (χ3v) is 6.52. The van der Waals surface area contributed by atoms with Crippen LogP contribution >= 0.6 is 39.1 Å². The van der Waals surface area contributed by atoms with Crippen molar-refractivity contribution >= 4 is 57.2 Å². The van der Waals surface area contributed by atoms with Gasteiger partial charge in [-0.15, -0.1) is 0 Å². The van der Waals surface area contributed by atoms with Crippen LogP contribution in [0.4, 0.5) is 0 Å². The maximum absolute atomic E-state index is 13.1. The predicted octanol–water partition coefficient (Wildman–Crippen LogP) is 5.42. The fourth-order valence-corrected chi connectivity index (χ4v) is 4.37. The van der Waals surface area contributed by atoms with Crippen molar-refractivity contribution in [1.29, 1.82) is 0 Å². The number of benzene rings is 3. The van der Waals surface area contributed by atoms with Crippen LogP contribution in [0.25, 0.3) is 0 Å². The minimum atomic E-state index is -0.941. The molecule has 0 bridgehead atoms. The molecule has 0 fully saturated rings. The molecule has 3 aromatic carbocycles. The summed E-state index contributed by atoms with van der Waals surface area (Å²) in [5, 5.41) is 7.53. The number of halogens is 3. The second-order valence-corrected chi connectivity index (χ2v) is 9.75. The van der Waals surface area contributed by atoms with Crippen LogP contribution in [-0.2, 0) is 16.0 Å². The van der Waals surface area contributed by atoms with E-state index in [0.29, 0.717) is 32.3 Å². The van der Waals surface area contributed by atoms with Crippen molar-refractivity contribution in [3.8, 4) is 17.2 Å². The van der Waals surface area contributed by atoms with Crippen LogP contribution in [0.3, 0.4) is 0 Å². The minimum absolute atomic E-state index is 0.236. The monoisotopic (exact) mass is 621 g/mol. The van der Waals surface area contributed by atoms with Gasteiger partial charge in [0.05, 0.1) is 29.9 Å². The van der Waals surface area contributed by atoms with Gasteiger partial charge in [0.15, 0.2) is 6.10 Å². The molecule has 0 aromatic heterocycles. The minimum Gasteiger partial charge on any atom is -0.496 e. The summed E-state index contributed by atoms with van der Waals surface area (Å²) in [5.74, 6) is 0.374. The number of amides is 2. The zero-order chi connectivity index (χ0) is 27.7. The van der Waals surface area contributed by atoms with E-state index in [-0.39, 0.29) is 11.4 Å². The number of methoxy groups -OCH3 is 2. The number of hydrazone groups is 1. The Morgan fingerprint density at radius 3 is 2.34 bits per heavy atom. The van der Waals surface area contributed by atoms with Gasteiger partial charge in [0.25, 0.3) is 11.8 Å². The first kappa shape index (κ1) is 29.3. The third kappa shape index (κ3) is 8.11. The second-order valence-electron chi connectivity index (χ2n) is 8.05. The number of carbonyl (C=O) groups is 2. The van der Waals surface area contributed by atoms with Crippen molar-refractivity contribution < 1.29 is 23.8 Å². The van der Waals surface area contributed by atoms with E-state index in [9.17, 15) is 9.59 Å². The second kappa shape index (κ2) is 14.0. The van der Waals surface area contributed by atoms with Gasteiger partial charge < -0.3 is 19.5 Å². The summed E-state index contributed by atoms with van der Waals surface area (Å²) in [6, 6.07) is 16.5. The van der Waals surface area contributed by atoms with E-state index in [0.717, 1.165) is 5.56 Å². The Balaban J connectivity index is 1.73. The Labute approximate surface area is 239 Å². The van der Waals surface area contributed by atoms with Gasteiger partial charge in [-0.05, 0) is 52.7 Å². The normalized spacial score (nSPS) is 12.5. The smallest absolute Gasteiger partial charge is 0.262 e. The van der Waals surface area contributed by atoms with Gasteiger partial charge in [-0.25, -0.2) is 5.43 Å². The molecular weight excluding hydrogens is 597 g/mol. The van der Waals surface area contributed by atoms with E-state index >= 15 is 0 Å². The molecule has 2 N–H and O–H groups in total. The van der Waals surface area contributed by atoms with Gasteiger partial charge in [-0.2, -0.15) is 5.10 Å². The lowest BCUT2D eigenvalue weighted by molar-refractivity contribution is -0.132. The summed E-state index contributed by atoms with van der Waals surface area (Å²) < 4.78 is 17.0. The van der Waals surface area contributed by atoms with Crippen LogP contribution in [0.15, 0.2) is 70.2 Å². The van der Waals surface area contributed by atoms with Crippen LogP contribution in [0.1, 0.15) is 18.1 Å². The number of ether oxygens (including phenoxy) is 3. The molecule has 2 atom stereocenters. The molecule has 0 unspecified atom stereocenters. The van der Waals surface area contributed by atoms with E-state index in [1.807, 2.05) is 30.3 Å². The SMILES string of the molecule is COc1cc(OC)c(/C=N\NC(=O)[C@@H](Cc2ccccc2)NC(=O)[C@H](C)Oc2ccc(Cl)cc2Cl)cc1Br. The topological polar surface area (TPSA) is 98.3 Å². The fourth-order valence-electron chi connectivity index (χ4n) is 3.39. The summed E-state index contributed by atoms with van der Waals surface area (Å²) in [7, 11) is 3.06. The first-order chi connectivity index (χ1) is 18.2. The summed E-state index contributed by atoms with van der Waals surface area (Å²) in [5.41, 5.74) is 3.95. The van der Waals surface area contributed by atoms with Gasteiger partial charge in [0.1, 0.15) is 23.3 Å². The van der Waals surface area contributed by atoms with E-state index in [1.165, 1.54) is 19.4 Å². The van der Waals surface area contributed by atoms with Gasteiger partial charge in [0.2, 0.25) is 0 Å². The highest BCUT2D eigenvalue weighted by molar-refractivity contribution is 9.10. The van der Waals surface area contributed by atoms with E-state index in [1.54, 1.807) is 38.3 Å². The van der Waals surface area contributed by atoms with E-state index in [4.69, 9.17) is 37.4 Å². The zero-order valence-corrected chi connectivity index (χ0v) is 23.9.